The quantitative estimate of drug-likeness (QED) is 0.234. The van der Waals surface area contributed by atoms with Crippen LogP contribution in [0.4, 0.5) is 15.8 Å². The van der Waals surface area contributed by atoms with Gasteiger partial charge in [0.2, 0.25) is 17.7 Å². The molecule has 13 heteroatoms. The average molecular weight is 706 g/mol. The lowest BCUT2D eigenvalue weighted by Crippen LogP contribution is -2.43. The Morgan fingerprint density at radius 1 is 0.938 bits per heavy atom. The number of aromatic nitrogens is 1. The van der Waals surface area contributed by atoms with Crippen LogP contribution in [0.5, 0.6) is 11.5 Å². The second-order valence-corrected chi connectivity index (χ2v) is 15.1. The van der Waals surface area contributed by atoms with E-state index in [4.69, 9.17) is 21.1 Å². The third kappa shape index (κ3) is 4.79. The van der Waals surface area contributed by atoms with Crippen molar-refractivity contribution in [2.45, 2.75) is 29.2 Å². The summed E-state index contributed by atoms with van der Waals surface area (Å²) in [4.78, 5) is 56.7. The van der Waals surface area contributed by atoms with E-state index in [0.717, 1.165) is 21.8 Å². The zero-order valence-electron chi connectivity index (χ0n) is 25.7. The summed E-state index contributed by atoms with van der Waals surface area (Å²) in [6.45, 7) is -0.188. The average Bonchev–Trinajstić information content (AvgIpc) is 3.80. The molecule has 4 aliphatic rings. The van der Waals surface area contributed by atoms with Crippen molar-refractivity contribution in [3.05, 3.63) is 97.7 Å². The lowest BCUT2D eigenvalue weighted by atomic mass is 9.68. The molecule has 48 heavy (non-hydrogen) atoms. The molecule has 3 fully saturated rings. The predicted octanol–water partition coefficient (Wildman–Crippen LogP) is 6.04. The molecule has 2 aliphatic carbocycles. The number of nitrogens with zero attached hydrogens (tertiary/aromatic N) is 2. The van der Waals surface area contributed by atoms with Crippen molar-refractivity contribution in [3.63, 3.8) is 0 Å². The first kappa shape index (κ1) is 31.2. The molecule has 7 unspecified atom stereocenters. The van der Waals surface area contributed by atoms with Gasteiger partial charge in [0.05, 0.1) is 36.8 Å². The second-order valence-electron chi connectivity index (χ2n) is 12.5. The molecule has 1 aromatic heterocycles. The molecule has 2 bridgehead atoms. The summed E-state index contributed by atoms with van der Waals surface area (Å²) >= 11 is 8.66. The number of imide groups is 1. The number of thioether (sulfide) groups is 1. The monoisotopic (exact) mass is 705 g/mol. The number of benzene rings is 3. The molecule has 7 atom stereocenters. The lowest BCUT2D eigenvalue weighted by molar-refractivity contribution is -0.123. The molecule has 4 aromatic rings. The molecule has 246 valence electrons. The molecule has 8 rings (SSSR count). The summed E-state index contributed by atoms with van der Waals surface area (Å²) < 4.78 is 26.4. The van der Waals surface area contributed by atoms with Crippen molar-refractivity contribution in [3.8, 4) is 11.5 Å². The Morgan fingerprint density at radius 2 is 1.62 bits per heavy atom. The van der Waals surface area contributed by atoms with E-state index in [9.17, 15) is 23.6 Å². The Balaban J connectivity index is 1.20. The molecule has 9 nitrogen and oxygen atoms in total. The van der Waals surface area contributed by atoms with Crippen LogP contribution in [0.2, 0.25) is 5.02 Å². The molecule has 2 aliphatic heterocycles. The summed E-state index contributed by atoms with van der Waals surface area (Å²) in [7, 11) is 3.13. The minimum Gasteiger partial charge on any atom is -0.493 e. The van der Waals surface area contributed by atoms with E-state index < -0.39 is 17.7 Å². The van der Waals surface area contributed by atoms with Crippen molar-refractivity contribution >= 4 is 63.8 Å². The highest BCUT2D eigenvalue weighted by atomic mass is 35.5. The number of hydrogen-bond donors (Lipinski definition) is 1. The molecular formula is C35H29ClFN3O6S2. The van der Waals surface area contributed by atoms with Crippen LogP contribution < -0.4 is 24.6 Å². The van der Waals surface area contributed by atoms with Crippen LogP contribution in [0.1, 0.15) is 22.8 Å². The summed E-state index contributed by atoms with van der Waals surface area (Å²) in [5.74, 6) is -1.84. The highest BCUT2D eigenvalue weighted by Gasteiger charge is 2.70. The molecule has 2 saturated carbocycles. The maximum absolute atomic E-state index is 14.0. The van der Waals surface area contributed by atoms with Crippen LogP contribution in [-0.4, -0.2) is 41.8 Å². The number of ether oxygens (including phenoxy) is 2. The molecule has 3 heterocycles. The molecule has 0 spiro atoms. The highest BCUT2D eigenvalue weighted by Crippen LogP contribution is 2.69. The fraction of sp³-hybridized carbons (Fsp3) is 0.314. The number of methoxy groups -OCH3 is 2. The normalized spacial score (nSPS) is 26.7. The number of rotatable bonds is 7. The molecule has 1 N–H and O–H groups in total. The summed E-state index contributed by atoms with van der Waals surface area (Å²) in [5, 5.41) is 4.00. The van der Waals surface area contributed by atoms with Gasteiger partial charge >= 0.3 is 4.87 Å². The predicted molar refractivity (Wildman–Crippen MR) is 181 cm³/mol. The first-order chi connectivity index (χ1) is 23.2. The van der Waals surface area contributed by atoms with Gasteiger partial charge < -0.3 is 14.8 Å². The van der Waals surface area contributed by atoms with Gasteiger partial charge in [0.1, 0.15) is 12.4 Å². The van der Waals surface area contributed by atoms with Crippen LogP contribution in [0, 0.1) is 35.4 Å². The largest absolute Gasteiger partial charge is 0.493 e. The first-order valence-electron chi connectivity index (χ1n) is 15.5. The van der Waals surface area contributed by atoms with Gasteiger partial charge in [0.15, 0.2) is 11.5 Å². The van der Waals surface area contributed by atoms with E-state index in [2.05, 4.69) is 5.32 Å². The van der Waals surface area contributed by atoms with E-state index in [-0.39, 0.29) is 58.1 Å². The number of hydrogen-bond acceptors (Lipinski definition) is 8. The van der Waals surface area contributed by atoms with Gasteiger partial charge in [-0.2, -0.15) is 0 Å². The number of carbonyl (C=O) groups excluding carboxylic acids is 3. The van der Waals surface area contributed by atoms with E-state index in [1.165, 1.54) is 33.7 Å². The van der Waals surface area contributed by atoms with Gasteiger partial charge in [-0.3, -0.25) is 28.6 Å². The van der Waals surface area contributed by atoms with Gasteiger partial charge in [0.25, 0.3) is 0 Å². The number of anilines is 2. The number of thiazole rings is 1. The number of halogens is 2. The van der Waals surface area contributed by atoms with E-state index in [1.54, 1.807) is 50.2 Å². The first-order valence-corrected chi connectivity index (χ1v) is 17.6. The Hall–Kier alpha value is -4.13. The van der Waals surface area contributed by atoms with Gasteiger partial charge in [0, 0.05) is 26.8 Å². The maximum atomic E-state index is 14.0. The van der Waals surface area contributed by atoms with Crippen LogP contribution in [0.15, 0.2) is 76.6 Å². The number of carbonyl (C=O) groups is 3. The highest BCUT2D eigenvalue weighted by molar-refractivity contribution is 8.00. The van der Waals surface area contributed by atoms with Gasteiger partial charge in [-0.25, -0.2) is 4.39 Å². The molecule has 3 aromatic carbocycles. The molecule has 3 amide bonds. The number of amides is 3. The fourth-order valence-corrected chi connectivity index (χ4v) is 11.7. The maximum Gasteiger partial charge on any atom is 0.308 e. The van der Waals surface area contributed by atoms with Gasteiger partial charge in [-0.15, -0.1) is 11.8 Å². The zero-order valence-corrected chi connectivity index (χ0v) is 28.1. The van der Waals surface area contributed by atoms with Gasteiger partial charge in [-0.1, -0.05) is 29.0 Å². The topological polar surface area (TPSA) is 107 Å². The Kier molecular flexibility index (Phi) is 7.65. The van der Waals surface area contributed by atoms with Crippen molar-refractivity contribution in [2.24, 2.45) is 29.6 Å². The van der Waals surface area contributed by atoms with Crippen molar-refractivity contribution in [1.82, 2.24) is 4.57 Å². The summed E-state index contributed by atoms with van der Waals surface area (Å²) in [6, 6.07) is 17.9. The van der Waals surface area contributed by atoms with E-state index in [1.807, 2.05) is 18.2 Å². The van der Waals surface area contributed by atoms with Gasteiger partial charge in [-0.05, 0) is 90.4 Å². The molecule has 1 saturated heterocycles. The van der Waals surface area contributed by atoms with Crippen molar-refractivity contribution in [2.75, 3.05) is 24.4 Å². The van der Waals surface area contributed by atoms with Crippen LogP contribution in [0.25, 0.3) is 0 Å². The van der Waals surface area contributed by atoms with Crippen molar-refractivity contribution in [1.29, 1.82) is 0 Å². The SMILES string of the molecule is COc1ccc(C2c3sc(=O)n(CC(=O)Nc4ccc(Cl)cc4)c3SC3C4CC(C5C(=O)N(c6ccc(F)cc6)C(=O)C45)C23)cc1OC. The Labute approximate surface area is 288 Å². The third-order valence-electron chi connectivity index (χ3n) is 10.2. The standard InChI is InChI=1S/C35H29ClFN3O6S2/c1-45-23-12-3-16(13-24(23)46-2)26-27-21-14-22(29-28(21)32(42)40(33(29)43)20-10-6-18(37)7-11-20)30(27)47-34-31(26)48-35(44)39(34)15-25(41)38-19-8-4-17(36)5-9-19/h3-13,21-22,26-30H,14-15H2,1-2H3,(H,38,41). The minimum absolute atomic E-state index is 0.0637. The third-order valence-corrected chi connectivity index (χ3v) is 13.3. The molecular weight excluding hydrogens is 677 g/mol. The zero-order chi connectivity index (χ0) is 33.4. The number of nitrogens with one attached hydrogen (secondary N) is 1. The Morgan fingerprint density at radius 3 is 2.31 bits per heavy atom. The minimum atomic E-state index is -0.513. The summed E-state index contributed by atoms with van der Waals surface area (Å²) in [6.07, 6.45) is 0.701. The fourth-order valence-electron chi connectivity index (χ4n) is 8.40. The van der Waals surface area contributed by atoms with Crippen molar-refractivity contribution < 1.29 is 28.2 Å². The van der Waals surface area contributed by atoms with E-state index in [0.29, 0.717) is 39.3 Å². The Bertz CT molecular complexity index is 2030. The van der Waals surface area contributed by atoms with Crippen LogP contribution in [-0.2, 0) is 20.9 Å². The number of fused-ring (bicyclic) bond motifs is 9. The lowest BCUT2D eigenvalue weighted by Gasteiger charge is -2.43. The van der Waals surface area contributed by atoms with E-state index >= 15 is 0 Å². The van der Waals surface area contributed by atoms with Crippen LogP contribution in [0.3, 0.4) is 0 Å². The molecule has 0 radical (unpaired) electrons. The van der Waals surface area contributed by atoms with Crippen LogP contribution >= 0.6 is 34.7 Å². The smallest absolute Gasteiger partial charge is 0.308 e. The summed E-state index contributed by atoms with van der Waals surface area (Å²) in [5.41, 5.74) is 1.83. The second kappa shape index (κ2) is 11.8.